The Balaban J connectivity index is 1.80. The number of rotatable bonds is 4. The van der Waals surface area contributed by atoms with Crippen LogP contribution in [0.3, 0.4) is 0 Å². The second kappa shape index (κ2) is 7.05. The van der Waals surface area contributed by atoms with Gasteiger partial charge in [0.05, 0.1) is 5.39 Å². The number of aromatic nitrogens is 2. The minimum atomic E-state index is 0.0345. The Bertz CT molecular complexity index is 1020. The van der Waals surface area contributed by atoms with Gasteiger partial charge in [-0.1, -0.05) is 29.8 Å². The van der Waals surface area contributed by atoms with Crippen molar-refractivity contribution in [2.45, 2.75) is 52.1 Å². The number of nitrogens with one attached hydrogen (secondary N) is 1. The van der Waals surface area contributed by atoms with Crippen LogP contribution in [-0.4, -0.2) is 9.55 Å². The molecule has 0 fully saturated rings. The maximum Gasteiger partial charge on any atom is 0.264 e. The standard InChI is InChI=1S/C20H22ClN3OS/c1-12(2)24-19(25)17-14-8-4-6-10-16(14)26-18(17)23-20(24)22-11-13-7-3-5-9-15(13)21/h3,5,7,9,12H,4,6,8,10-11H2,1-2H3,(H,22,23). The van der Waals surface area contributed by atoms with E-state index in [1.54, 1.807) is 15.9 Å². The van der Waals surface area contributed by atoms with Gasteiger partial charge in [0.1, 0.15) is 4.83 Å². The molecule has 2 aromatic heterocycles. The van der Waals surface area contributed by atoms with Crippen LogP contribution in [0.25, 0.3) is 10.2 Å². The van der Waals surface area contributed by atoms with Gasteiger partial charge in [0.2, 0.25) is 5.95 Å². The Hall–Kier alpha value is -1.85. The van der Waals surface area contributed by atoms with Gasteiger partial charge in [-0.3, -0.25) is 9.36 Å². The van der Waals surface area contributed by atoms with Crippen LogP contribution in [0.1, 0.15) is 48.7 Å². The van der Waals surface area contributed by atoms with E-state index in [1.807, 2.05) is 38.1 Å². The van der Waals surface area contributed by atoms with Gasteiger partial charge in [0.25, 0.3) is 5.56 Å². The van der Waals surface area contributed by atoms with E-state index in [2.05, 4.69) is 5.32 Å². The molecular formula is C20H22ClN3OS. The number of halogens is 1. The number of aryl methyl sites for hydroxylation is 2. The molecular weight excluding hydrogens is 366 g/mol. The number of nitrogens with zero attached hydrogens (tertiary/aromatic N) is 2. The largest absolute Gasteiger partial charge is 0.351 e. The maximum atomic E-state index is 13.3. The molecule has 0 amide bonds. The molecule has 136 valence electrons. The molecule has 0 spiro atoms. The van der Waals surface area contributed by atoms with Crippen LogP contribution >= 0.6 is 22.9 Å². The van der Waals surface area contributed by atoms with E-state index < -0.39 is 0 Å². The summed E-state index contributed by atoms with van der Waals surface area (Å²) in [6.07, 6.45) is 4.43. The van der Waals surface area contributed by atoms with E-state index in [1.165, 1.54) is 16.9 Å². The van der Waals surface area contributed by atoms with E-state index in [0.717, 1.165) is 35.0 Å². The van der Waals surface area contributed by atoms with E-state index in [-0.39, 0.29) is 11.6 Å². The number of fused-ring (bicyclic) bond motifs is 3. The number of hydrogen-bond donors (Lipinski definition) is 1. The number of benzene rings is 1. The second-order valence-corrected chi connectivity index (χ2v) is 8.53. The zero-order chi connectivity index (χ0) is 18.3. The summed E-state index contributed by atoms with van der Waals surface area (Å²) in [5.74, 6) is 0.621. The first-order chi connectivity index (χ1) is 12.6. The zero-order valence-corrected chi connectivity index (χ0v) is 16.6. The number of anilines is 1. The van der Waals surface area contributed by atoms with Crippen LogP contribution in [-0.2, 0) is 19.4 Å². The van der Waals surface area contributed by atoms with E-state index >= 15 is 0 Å². The number of thiophene rings is 1. The Morgan fingerprint density at radius 3 is 2.81 bits per heavy atom. The normalized spacial score (nSPS) is 14.0. The van der Waals surface area contributed by atoms with Crippen molar-refractivity contribution in [2.75, 3.05) is 5.32 Å². The molecule has 1 N–H and O–H groups in total. The lowest BCUT2D eigenvalue weighted by molar-refractivity contribution is 0.579. The highest BCUT2D eigenvalue weighted by Crippen LogP contribution is 2.34. The maximum absolute atomic E-state index is 13.3. The van der Waals surface area contributed by atoms with Crippen LogP contribution < -0.4 is 10.9 Å². The summed E-state index contributed by atoms with van der Waals surface area (Å²) in [4.78, 5) is 20.3. The van der Waals surface area contributed by atoms with Crippen molar-refractivity contribution in [1.29, 1.82) is 0 Å². The van der Waals surface area contributed by atoms with Crippen LogP contribution in [0.2, 0.25) is 5.02 Å². The number of hydrogen-bond acceptors (Lipinski definition) is 4. The van der Waals surface area contributed by atoms with Gasteiger partial charge in [0, 0.05) is 22.5 Å². The topological polar surface area (TPSA) is 46.9 Å². The lowest BCUT2D eigenvalue weighted by Gasteiger charge is -2.17. The van der Waals surface area contributed by atoms with Crippen LogP contribution in [0, 0.1) is 0 Å². The first-order valence-electron chi connectivity index (χ1n) is 9.10. The fourth-order valence-corrected chi connectivity index (χ4v) is 5.09. The predicted octanol–water partition coefficient (Wildman–Crippen LogP) is 5.18. The molecule has 0 saturated carbocycles. The highest BCUT2D eigenvalue weighted by Gasteiger charge is 2.22. The van der Waals surface area contributed by atoms with Crippen LogP contribution in [0.15, 0.2) is 29.1 Å². The molecule has 4 rings (SSSR count). The summed E-state index contributed by atoms with van der Waals surface area (Å²) in [6.45, 7) is 4.58. The molecule has 0 radical (unpaired) electrons. The monoisotopic (exact) mass is 387 g/mol. The molecule has 2 heterocycles. The van der Waals surface area contributed by atoms with Crippen molar-refractivity contribution in [3.05, 3.63) is 55.6 Å². The van der Waals surface area contributed by atoms with Crippen molar-refractivity contribution >= 4 is 39.1 Å². The highest BCUT2D eigenvalue weighted by molar-refractivity contribution is 7.18. The third kappa shape index (κ3) is 3.03. The summed E-state index contributed by atoms with van der Waals surface area (Å²) in [7, 11) is 0. The van der Waals surface area contributed by atoms with E-state index in [0.29, 0.717) is 17.5 Å². The van der Waals surface area contributed by atoms with Gasteiger partial charge in [-0.2, -0.15) is 0 Å². The molecule has 3 aromatic rings. The van der Waals surface area contributed by atoms with E-state index in [4.69, 9.17) is 16.6 Å². The minimum Gasteiger partial charge on any atom is -0.351 e. The van der Waals surface area contributed by atoms with Gasteiger partial charge in [-0.15, -0.1) is 11.3 Å². The van der Waals surface area contributed by atoms with Crippen LogP contribution in [0.5, 0.6) is 0 Å². The molecule has 0 unspecified atom stereocenters. The van der Waals surface area contributed by atoms with Gasteiger partial charge >= 0.3 is 0 Å². The fourth-order valence-electron chi connectivity index (χ4n) is 3.64. The van der Waals surface area contributed by atoms with E-state index in [9.17, 15) is 4.79 Å². The molecule has 0 aliphatic heterocycles. The molecule has 1 aliphatic carbocycles. The van der Waals surface area contributed by atoms with Gasteiger partial charge in [-0.05, 0) is 56.7 Å². The summed E-state index contributed by atoms with van der Waals surface area (Å²) < 4.78 is 1.78. The first kappa shape index (κ1) is 17.6. The molecule has 1 aliphatic rings. The smallest absolute Gasteiger partial charge is 0.264 e. The zero-order valence-electron chi connectivity index (χ0n) is 15.0. The molecule has 0 bridgehead atoms. The molecule has 1 aromatic carbocycles. The van der Waals surface area contributed by atoms with Gasteiger partial charge in [0.15, 0.2) is 0 Å². The Kier molecular flexibility index (Phi) is 4.76. The third-order valence-electron chi connectivity index (χ3n) is 4.93. The Morgan fingerprint density at radius 1 is 1.27 bits per heavy atom. The quantitative estimate of drug-likeness (QED) is 0.670. The molecule has 26 heavy (non-hydrogen) atoms. The molecule has 4 nitrogen and oxygen atoms in total. The molecule has 6 heteroatoms. The summed E-state index contributed by atoms with van der Waals surface area (Å²) in [6, 6.07) is 7.76. The Labute approximate surface area is 161 Å². The Morgan fingerprint density at radius 2 is 2.04 bits per heavy atom. The second-order valence-electron chi connectivity index (χ2n) is 7.04. The summed E-state index contributed by atoms with van der Waals surface area (Å²) in [5.41, 5.74) is 2.30. The SMILES string of the molecule is CC(C)n1c(NCc2ccccc2Cl)nc2sc3c(c2c1=O)CCCC3. The average Bonchev–Trinajstić information content (AvgIpc) is 2.99. The van der Waals surface area contributed by atoms with Gasteiger partial charge in [-0.25, -0.2) is 4.98 Å². The molecule has 0 atom stereocenters. The van der Waals surface area contributed by atoms with Gasteiger partial charge < -0.3 is 5.32 Å². The van der Waals surface area contributed by atoms with Crippen LogP contribution in [0.4, 0.5) is 5.95 Å². The third-order valence-corrected chi connectivity index (χ3v) is 6.49. The van der Waals surface area contributed by atoms with Crippen molar-refractivity contribution < 1.29 is 0 Å². The van der Waals surface area contributed by atoms with Crippen molar-refractivity contribution in [2.24, 2.45) is 0 Å². The lowest BCUT2D eigenvalue weighted by Crippen LogP contribution is -2.27. The van der Waals surface area contributed by atoms with Crippen molar-refractivity contribution in [3.63, 3.8) is 0 Å². The fraction of sp³-hybridized carbons (Fsp3) is 0.400. The first-order valence-corrected chi connectivity index (χ1v) is 10.3. The summed E-state index contributed by atoms with van der Waals surface area (Å²) >= 11 is 7.94. The minimum absolute atomic E-state index is 0.0345. The van der Waals surface area contributed by atoms with Crippen molar-refractivity contribution in [1.82, 2.24) is 9.55 Å². The molecule has 0 saturated heterocycles. The average molecular weight is 388 g/mol. The summed E-state index contributed by atoms with van der Waals surface area (Å²) in [5, 5.41) is 4.89. The van der Waals surface area contributed by atoms with Crippen molar-refractivity contribution in [3.8, 4) is 0 Å². The highest BCUT2D eigenvalue weighted by atomic mass is 35.5. The lowest BCUT2D eigenvalue weighted by atomic mass is 9.97. The predicted molar refractivity (Wildman–Crippen MR) is 110 cm³/mol.